The van der Waals surface area contributed by atoms with Gasteiger partial charge < -0.3 is 0 Å². The lowest BCUT2D eigenvalue weighted by Gasteiger charge is -2.21. The van der Waals surface area contributed by atoms with Crippen LogP contribution >= 0.6 is 0 Å². The predicted molar refractivity (Wildman–Crippen MR) is 68.1 cm³/mol. The van der Waals surface area contributed by atoms with Gasteiger partial charge in [-0.05, 0) is 37.0 Å². The molecule has 108 valence electrons. The van der Waals surface area contributed by atoms with Crippen LogP contribution in [0.15, 0.2) is 23.1 Å². The van der Waals surface area contributed by atoms with Crippen LogP contribution in [0.3, 0.4) is 0 Å². The maximum absolute atomic E-state index is 13.2. The summed E-state index contributed by atoms with van der Waals surface area (Å²) in [6.45, 7) is 0.386. The second kappa shape index (κ2) is 5.85. The highest BCUT2D eigenvalue weighted by Gasteiger charge is 2.31. The maximum atomic E-state index is 13.2. The Morgan fingerprint density at radius 3 is 2.55 bits per heavy atom. The molecule has 1 aromatic rings. The molecule has 1 aromatic carbocycles. The van der Waals surface area contributed by atoms with Crippen LogP contribution in [0.2, 0.25) is 0 Å². The minimum atomic E-state index is -3.89. The van der Waals surface area contributed by atoms with Crippen molar-refractivity contribution < 1.29 is 17.2 Å². The summed E-state index contributed by atoms with van der Waals surface area (Å²) < 4.78 is 52.0. The molecule has 4 nitrogen and oxygen atoms in total. The monoisotopic (exact) mass is 300 g/mol. The summed E-state index contributed by atoms with van der Waals surface area (Å²) in [4.78, 5) is -0.282. The second-order valence-electron chi connectivity index (χ2n) is 4.79. The standard InChI is InChI=1S/C13H14F2N2O2S/c14-12-5-4-11(8-13(12)15)20(18,19)17(7-1-6-16)9-10-2-3-10/h4-5,8,10H,1-3,7,9H2. The van der Waals surface area contributed by atoms with E-state index in [2.05, 4.69) is 0 Å². The topological polar surface area (TPSA) is 61.2 Å². The Hall–Kier alpha value is -1.52. The van der Waals surface area contributed by atoms with E-state index >= 15 is 0 Å². The zero-order chi connectivity index (χ0) is 14.8. The Labute approximate surface area is 116 Å². The molecule has 20 heavy (non-hydrogen) atoms. The molecular formula is C13H14F2N2O2S. The molecule has 1 saturated carbocycles. The molecule has 7 heteroatoms. The molecular weight excluding hydrogens is 286 g/mol. The number of rotatable bonds is 6. The number of nitriles is 1. The molecule has 0 saturated heterocycles. The number of sulfonamides is 1. The van der Waals surface area contributed by atoms with Crippen LogP contribution in [-0.4, -0.2) is 25.8 Å². The van der Waals surface area contributed by atoms with Gasteiger partial charge in [0.05, 0.1) is 11.0 Å². The smallest absolute Gasteiger partial charge is 0.207 e. The van der Waals surface area contributed by atoms with Gasteiger partial charge in [0.2, 0.25) is 10.0 Å². The van der Waals surface area contributed by atoms with Crippen LogP contribution in [0.5, 0.6) is 0 Å². The SMILES string of the molecule is N#CCCN(CC1CC1)S(=O)(=O)c1ccc(F)c(F)c1. The van der Waals surface area contributed by atoms with Crippen molar-refractivity contribution >= 4 is 10.0 Å². The highest BCUT2D eigenvalue weighted by Crippen LogP contribution is 2.31. The summed E-state index contributed by atoms with van der Waals surface area (Å²) >= 11 is 0. The third kappa shape index (κ3) is 3.32. The highest BCUT2D eigenvalue weighted by atomic mass is 32.2. The van der Waals surface area contributed by atoms with Gasteiger partial charge >= 0.3 is 0 Å². The lowest BCUT2D eigenvalue weighted by Crippen LogP contribution is -2.33. The van der Waals surface area contributed by atoms with Gasteiger partial charge in [-0.1, -0.05) is 0 Å². The minimum absolute atomic E-state index is 0.0638. The molecule has 0 unspecified atom stereocenters. The van der Waals surface area contributed by atoms with Crippen LogP contribution in [0.4, 0.5) is 8.78 Å². The van der Waals surface area contributed by atoms with E-state index in [0.29, 0.717) is 18.5 Å². The molecule has 1 aliphatic carbocycles. The summed E-state index contributed by atoms with van der Waals surface area (Å²) in [7, 11) is -3.89. The fraction of sp³-hybridized carbons (Fsp3) is 0.462. The van der Waals surface area contributed by atoms with Crippen LogP contribution in [0.25, 0.3) is 0 Å². The summed E-state index contributed by atoms with van der Waals surface area (Å²) in [5.41, 5.74) is 0. The first-order chi connectivity index (χ1) is 9.45. The molecule has 0 aliphatic heterocycles. The largest absolute Gasteiger partial charge is 0.243 e. The third-order valence-electron chi connectivity index (χ3n) is 3.16. The molecule has 0 spiro atoms. The Bertz CT molecular complexity index is 636. The van der Waals surface area contributed by atoms with Crippen molar-refractivity contribution in [1.82, 2.24) is 4.31 Å². The van der Waals surface area contributed by atoms with Gasteiger partial charge in [-0.3, -0.25) is 0 Å². The van der Waals surface area contributed by atoms with Crippen LogP contribution < -0.4 is 0 Å². The van der Waals surface area contributed by atoms with Crippen LogP contribution in [-0.2, 0) is 10.0 Å². The van der Waals surface area contributed by atoms with E-state index in [-0.39, 0.29) is 17.9 Å². The summed E-state index contributed by atoms with van der Waals surface area (Å²) in [6, 6.07) is 4.41. The summed E-state index contributed by atoms with van der Waals surface area (Å²) in [5, 5.41) is 8.60. The normalized spacial score (nSPS) is 15.3. The zero-order valence-corrected chi connectivity index (χ0v) is 11.5. The van der Waals surface area contributed by atoms with E-state index in [0.717, 1.165) is 25.0 Å². The quantitative estimate of drug-likeness (QED) is 0.809. The third-order valence-corrected chi connectivity index (χ3v) is 5.02. The Balaban J connectivity index is 2.27. The van der Waals surface area contributed by atoms with Crippen molar-refractivity contribution in [2.75, 3.05) is 13.1 Å². The molecule has 1 aliphatic rings. The van der Waals surface area contributed by atoms with Crippen molar-refractivity contribution in [3.63, 3.8) is 0 Å². The van der Waals surface area contributed by atoms with Gasteiger partial charge in [-0.25, -0.2) is 17.2 Å². The maximum Gasteiger partial charge on any atom is 0.243 e. The van der Waals surface area contributed by atoms with Crippen molar-refractivity contribution in [2.24, 2.45) is 5.92 Å². The lowest BCUT2D eigenvalue weighted by molar-refractivity contribution is 0.402. The van der Waals surface area contributed by atoms with Crippen molar-refractivity contribution in [1.29, 1.82) is 5.26 Å². The van der Waals surface area contributed by atoms with Gasteiger partial charge in [-0.2, -0.15) is 9.57 Å². The average molecular weight is 300 g/mol. The second-order valence-corrected chi connectivity index (χ2v) is 6.73. The number of hydrogen-bond donors (Lipinski definition) is 0. The van der Waals surface area contributed by atoms with Gasteiger partial charge in [0.15, 0.2) is 11.6 Å². The lowest BCUT2D eigenvalue weighted by atomic mass is 10.3. The van der Waals surface area contributed by atoms with Crippen LogP contribution in [0, 0.1) is 28.9 Å². The fourth-order valence-electron chi connectivity index (χ4n) is 1.86. The number of nitrogens with zero attached hydrogens (tertiary/aromatic N) is 2. The first-order valence-electron chi connectivity index (χ1n) is 6.27. The molecule has 0 N–H and O–H groups in total. The van der Waals surface area contributed by atoms with E-state index in [1.54, 1.807) is 0 Å². The number of benzene rings is 1. The van der Waals surface area contributed by atoms with Crippen molar-refractivity contribution in [3.05, 3.63) is 29.8 Å². The van der Waals surface area contributed by atoms with E-state index < -0.39 is 21.7 Å². The highest BCUT2D eigenvalue weighted by molar-refractivity contribution is 7.89. The summed E-state index contributed by atoms with van der Waals surface area (Å²) in [6.07, 6.45) is 1.97. The van der Waals surface area contributed by atoms with Crippen LogP contribution in [0.1, 0.15) is 19.3 Å². The van der Waals surface area contributed by atoms with E-state index in [1.165, 1.54) is 4.31 Å². The molecule has 0 aromatic heterocycles. The predicted octanol–water partition coefficient (Wildman–Crippen LogP) is 2.28. The number of halogens is 2. The minimum Gasteiger partial charge on any atom is -0.207 e. The fourth-order valence-corrected chi connectivity index (χ4v) is 3.39. The Kier molecular flexibility index (Phi) is 4.35. The Morgan fingerprint density at radius 1 is 1.30 bits per heavy atom. The van der Waals surface area contributed by atoms with Gasteiger partial charge in [-0.15, -0.1) is 0 Å². The molecule has 0 heterocycles. The van der Waals surface area contributed by atoms with Gasteiger partial charge in [0.25, 0.3) is 0 Å². The first kappa shape index (κ1) is 14.9. The van der Waals surface area contributed by atoms with Crippen molar-refractivity contribution in [3.8, 4) is 6.07 Å². The van der Waals surface area contributed by atoms with E-state index in [9.17, 15) is 17.2 Å². The molecule has 2 rings (SSSR count). The van der Waals surface area contributed by atoms with Gasteiger partial charge in [0, 0.05) is 19.5 Å². The van der Waals surface area contributed by atoms with E-state index in [4.69, 9.17) is 5.26 Å². The number of hydrogen-bond acceptors (Lipinski definition) is 3. The van der Waals surface area contributed by atoms with Gasteiger partial charge in [0.1, 0.15) is 0 Å². The first-order valence-corrected chi connectivity index (χ1v) is 7.71. The molecule has 0 atom stereocenters. The molecule has 0 amide bonds. The zero-order valence-electron chi connectivity index (χ0n) is 10.7. The molecule has 0 bridgehead atoms. The van der Waals surface area contributed by atoms with Crippen molar-refractivity contribution in [2.45, 2.75) is 24.2 Å². The Morgan fingerprint density at radius 2 is 2.00 bits per heavy atom. The summed E-state index contributed by atoms with van der Waals surface area (Å²) in [5.74, 6) is -1.98. The molecule has 1 fully saturated rings. The average Bonchev–Trinajstić information content (AvgIpc) is 3.21. The molecule has 0 radical (unpaired) electrons. The van der Waals surface area contributed by atoms with E-state index in [1.807, 2.05) is 6.07 Å².